The van der Waals surface area contributed by atoms with E-state index in [9.17, 15) is 5.11 Å². The molecular weight excluding hydrogens is 166 g/mol. The van der Waals surface area contributed by atoms with E-state index in [0.29, 0.717) is 18.8 Å². The van der Waals surface area contributed by atoms with E-state index < -0.39 is 0 Å². The Bertz CT molecular complexity index is 233. The minimum absolute atomic E-state index is 0.317. The van der Waals surface area contributed by atoms with Crippen LogP contribution in [0.15, 0.2) is 24.0 Å². The van der Waals surface area contributed by atoms with Crippen LogP contribution < -0.4 is 0 Å². The van der Waals surface area contributed by atoms with Crippen LogP contribution >= 0.6 is 0 Å². The van der Waals surface area contributed by atoms with E-state index in [-0.39, 0.29) is 5.72 Å². The first kappa shape index (κ1) is 10.3. The first-order chi connectivity index (χ1) is 6.10. The van der Waals surface area contributed by atoms with Gasteiger partial charge in [0.05, 0.1) is 0 Å². The van der Waals surface area contributed by atoms with Crippen LogP contribution in [0.4, 0.5) is 0 Å². The van der Waals surface area contributed by atoms with Crippen molar-refractivity contribution < 1.29 is 9.84 Å². The number of allylic oxidation sites excluding steroid dienone is 1. The van der Waals surface area contributed by atoms with Gasteiger partial charge in [-0.15, -0.1) is 0 Å². The summed E-state index contributed by atoms with van der Waals surface area (Å²) in [7, 11) is 3.94. The average Bonchev–Trinajstić information content (AvgIpc) is 2.09. The SMILES string of the molecule is CCOC1(N(C)C)C=CC(O)=CC1. The molecule has 1 N–H and O–H groups in total. The van der Waals surface area contributed by atoms with E-state index >= 15 is 0 Å². The predicted molar refractivity (Wildman–Crippen MR) is 52.5 cm³/mol. The molecule has 1 atom stereocenters. The van der Waals surface area contributed by atoms with Crippen LogP contribution in [0.25, 0.3) is 0 Å². The predicted octanol–water partition coefficient (Wildman–Crippen LogP) is 1.68. The van der Waals surface area contributed by atoms with Crippen molar-refractivity contribution >= 4 is 0 Å². The average molecular weight is 183 g/mol. The standard InChI is InChI=1S/C10H17NO2/c1-4-13-10(11(2)3)7-5-9(12)6-8-10/h5-7,12H,4,8H2,1-3H3. The summed E-state index contributed by atoms with van der Waals surface area (Å²) < 4.78 is 5.66. The topological polar surface area (TPSA) is 32.7 Å². The van der Waals surface area contributed by atoms with Crippen molar-refractivity contribution in [3.63, 3.8) is 0 Å². The van der Waals surface area contributed by atoms with E-state index in [4.69, 9.17) is 4.74 Å². The van der Waals surface area contributed by atoms with E-state index in [1.165, 1.54) is 0 Å². The number of aliphatic hydroxyl groups excluding tert-OH is 1. The third kappa shape index (κ3) is 2.11. The monoisotopic (exact) mass is 183 g/mol. The second-order valence-electron chi connectivity index (χ2n) is 3.34. The lowest BCUT2D eigenvalue weighted by atomic mass is 10.0. The molecule has 0 radical (unpaired) electrons. The number of hydrogen-bond donors (Lipinski definition) is 1. The van der Waals surface area contributed by atoms with Gasteiger partial charge in [-0.25, -0.2) is 0 Å². The van der Waals surface area contributed by atoms with Crippen LogP contribution in [-0.2, 0) is 4.74 Å². The summed E-state index contributed by atoms with van der Waals surface area (Å²) >= 11 is 0. The Morgan fingerprint density at radius 3 is 2.69 bits per heavy atom. The molecule has 0 aromatic carbocycles. The van der Waals surface area contributed by atoms with Gasteiger partial charge in [-0.05, 0) is 39.2 Å². The Kier molecular flexibility index (Phi) is 3.12. The summed E-state index contributed by atoms with van der Waals surface area (Å²) in [5, 5.41) is 9.19. The van der Waals surface area contributed by atoms with Crippen LogP contribution in [-0.4, -0.2) is 36.4 Å². The molecule has 0 saturated carbocycles. The highest BCUT2D eigenvalue weighted by molar-refractivity contribution is 5.22. The van der Waals surface area contributed by atoms with Crippen LogP contribution in [0.3, 0.4) is 0 Å². The van der Waals surface area contributed by atoms with Gasteiger partial charge in [-0.1, -0.05) is 0 Å². The van der Waals surface area contributed by atoms with Crippen LogP contribution in [0, 0.1) is 0 Å². The third-order valence-corrected chi connectivity index (χ3v) is 2.27. The van der Waals surface area contributed by atoms with Crippen LogP contribution in [0.2, 0.25) is 0 Å². The molecule has 0 bridgehead atoms. The van der Waals surface area contributed by atoms with Crippen LogP contribution in [0.5, 0.6) is 0 Å². The number of nitrogens with zero attached hydrogens (tertiary/aromatic N) is 1. The van der Waals surface area contributed by atoms with Gasteiger partial charge >= 0.3 is 0 Å². The quantitative estimate of drug-likeness (QED) is 0.676. The van der Waals surface area contributed by atoms with Gasteiger partial charge < -0.3 is 9.84 Å². The van der Waals surface area contributed by atoms with Crippen LogP contribution in [0.1, 0.15) is 13.3 Å². The summed E-state index contributed by atoms with van der Waals surface area (Å²) in [6.07, 6.45) is 6.04. The summed E-state index contributed by atoms with van der Waals surface area (Å²) in [5.41, 5.74) is -0.374. The molecule has 0 amide bonds. The second kappa shape index (κ2) is 3.94. The van der Waals surface area contributed by atoms with E-state index in [1.54, 1.807) is 12.2 Å². The van der Waals surface area contributed by atoms with Gasteiger partial charge in [0.2, 0.25) is 0 Å². The summed E-state index contributed by atoms with van der Waals surface area (Å²) in [6.45, 7) is 2.63. The summed E-state index contributed by atoms with van der Waals surface area (Å²) in [6, 6.07) is 0. The number of hydrogen-bond acceptors (Lipinski definition) is 3. The summed E-state index contributed by atoms with van der Waals surface area (Å²) in [4.78, 5) is 2.01. The Hall–Kier alpha value is -0.800. The molecular formula is C10H17NO2. The molecule has 1 unspecified atom stereocenters. The maximum atomic E-state index is 9.19. The van der Waals surface area contributed by atoms with Crippen molar-refractivity contribution in [3.8, 4) is 0 Å². The number of ether oxygens (including phenoxy) is 1. The van der Waals surface area contributed by atoms with Gasteiger partial charge in [0, 0.05) is 13.0 Å². The van der Waals surface area contributed by atoms with Gasteiger partial charge in [0.25, 0.3) is 0 Å². The first-order valence-corrected chi connectivity index (χ1v) is 4.50. The van der Waals surface area contributed by atoms with E-state index in [2.05, 4.69) is 0 Å². The molecule has 74 valence electrons. The minimum Gasteiger partial charge on any atom is -0.508 e. The smallest absolute Gasteiger partial charge is 0.144 e. The first-order valence-electron chi connectivity index (χ1n) is 4.50. The molecule has 1 rings (SSSR count). The van der Waals surface area contributed by atoms with Gasteiger partial charge in [0.15, 0.2) is 0 Å². The second-order valence-corrected chi connectivity index (χ2v) is 3.34. The largest absolute Gasteiger partial charge is 0.508 e. The lowest BCUT2D eigenvalue weighted by molar-refractivity contribution is -0.0954. The fraction of sp³-hybridized carbons (Fsp3) is 0.600. The maximum Gasteiger partial charge on any atom is 0.144 e. The normalized spacial score (nSPS) is 27.8. The zero-order valence-electron chi connectivity index (χ0n) is 8.45. The lowest BCUT2D eigenvalue weighted by Crippen LogP contribution is -2.45. The zero-order chi connectivity index (χ0) is 9.90. The highest BCUT2D eigenvalue weighted by Gasteiger charge is 2.31. The van der Waals surface area contributed by atoms with Crippen molar-refractivity contribution in [2.75, 3.05) is 20.7 Å². The van der Waals surface area contributed by atoms with E-state index in [1.807, 2.05) is 32.0 Å². The Morgan fingerprint density at radius 2 is 2.31 bits per heavy atom. The molecule has 0 aliphatic heterocycles. The van der Waals surface area contributed by atoms with Crippen molar-refractivity contribution in [1.29, 1.82) is 0 Å². The minimum atomic E-state index is -0.374. The van der Waals surface area contributed by atoms with Gasteiger partial charge in [-0.2, -0.15) is 0 Å². The van der Waals surface area contributed by atoms with Crippen molar-refractivity contribution in [2.45, 2.75) is 19.1 Å². The van der Waals surface area contributed by atoms with E-state index in [0.717, 1.165) is 0 Å². The molecule has 0 heterocycles. The molecule has 0 aromatic rings. The maximum absolute atomic E-state index is 9.19. The highest BCUT2D eigenvalue weighted by Crippen LogP contribution is 2.26. The molecule has 13 heavy (non-hydrogen) atoms. The molecule has 0 fully saturated rings. The molecule has 0 saturated heterocycles. The molecule has 1 aliphatic rings. The highest BCUT2D eigenvalue weighted by atomic mass is 16.5. The third-order valence-electron chi connectivity index (χ3n) is 2.27. The summed E-state index contributed by atoms with van der Waals surface area (Å²) in [5.74, 6) is 0.317. The Labute approximate surface area is 79.3 Å². The Morgan fingerprint density at radius 1 is 1.62 bits per heavy atom. The molecule has 0 spiro atoms. The van der Waals surface area contributed by atoms with Gasteiger partial charge in [-0.3, -0.25) is 4.90 Å². The molecule has 1 aliphatic carbocycles. The van der Waals surface area contributed by atoms with Gasteiger partial charge in [0.1, 0.15) is 11.5 Å². The fourth-order valence-electron chi connectivity index (χ4n) is 1.42. The number of rotatable bonds is 3. The molecule has 0 aromatic heterocycles. The van der Waals surface area contributed by atoms with Crippen molar-refractivity contribution in [3.05, 3.63) is 24.0 Å². The van der Waals surface area contributed by atoms with Crippen molar-refractivity contribution in [1.82, 2.24) is 4.90 Å². The number of likely N-dealkylation sites (N-methyl/N-ethyl adjacent to an activating group) is 1. The zero-order valence-corrected chi connectivity index (χ0v) is 8.45. The number of aliphatic hydroxyl groups is 1. The molecule has 3 heteroatoms. The Balaban J connectivity index is 2.78. The molecule has 3 nitrogen and oxygen atoms in total. The van der Waals surface area contributed by atoms with Crippen molar-refractivity contribution in [2.24, 2.45) is 0 Å². The lowest BCUT2D eigenvalue weighted by Gasteiger charge is -2.37. The fourth-order valence-corrected chi connectivity index (χ4v) is 1.42.